The van der Waals surface area contributed by atoms with Gasteiger partial charge in [0.05, 0.1) is 6.10 Å². The monoisotopic (exact) mass is 317 g/mol. The number of hydrogen-bond donors (Lipinski definition) is 2. The maximum Gasteiger partial charge on any atom is 0.129 e. The van der Waals surface area contributed by atoms with Gasteiger partial charge < -0.3 is 10.4 Å². The van der Waals surface area contributed by atoms with E-state index >= 15 is 0 Å². The number of hydrogen-bond acceptors (Lipinski definition) is 2. The predicted octanol–water partition coefficient (Wildman–Crippen LogP) is 3.82. The minimum atomic E-state index is -1.39. The summed E-state index contributed by atoms with van der Waals surface area (Å²) in [7, 11) is -1.39. The van der Waals surface area contributed by atoms with Gasteiger partial charge in [-0.05, 0) is 18.9 Å². The standard InChI is InChI=1S/C19H31NOSi/c1-6-10-18(13-14-22(3,4)5)19(16(2)21)20-15-17-11-8-7-9-12-17/h7-9,11-12,16,18-21H,6,10,15H2,1-5H3. The highest BCUT2D eigenvalue weighted by atomic mass is 28.3. The van der Waals surface area contributed by atoms with Crippen molar-refractivity contribution in [1.82, 2.24) is 5.32 Å². The second-order valence-electron chi connectivity index (χ2n) is 7.05. The van der Waals surface area contributed by atoms with Gasteiger partial charge in [-0.3, -0.25) is 0 Å². The first-order valence-electron chi connectivity index (χ1n) is 8.31. The quantitative estimate of drug-likeness (QED) is 0.592. The fourth-order valence-corrected chi connectivity index (χ4v) is 3.06. The molecule has 2 nitrogen and oxygen atoms in total. The van der Waals surface area contributed by atoms with Gasteiger partial charge in [0.15, 0.2) is 0 Å². The molecule has 122 valence electrons. The van der Waals surface area contributed by atoms with E-state index in [1.807, 2.05) is 25.1 Å². The van der Waals surface area contributed by atoms with Crippen LogP contribution in [0, 0.1) is 17.4 Å². The second-order valence-corrected chi connectivity index (χ2v) is 11.8. The van der Waals surface area contributed by atoms with Crippen LogP contribution in [0.4, 0.5) is 0 Å². The minimum Gasteiger partial charge on any atom is -0.392 e. The first kappa shape index (κ1) is 19.0. The van der Waals surface area contributed by atoms with E-state index in [-0.39, 0.29) is 12.0 Å². The Balaban J connectivity index is 2.81. The molecule has 0 radical (unpaired) electrons. The third-order valence-corrected chi connectivity index (χ3v) is 4.46. The van der Waals surface area contributed by atoms with Crippen molar-refractivity contribution in [2.45, 2.75) is 65.0 Å². The molecule has 3 unspecified atom stereocenters. The van der Waals surface area contributed by atoms with Crippen LogP contribution in [0.25, 0.3) is 0 Å². The van der Waals surface area contributed by atoms with Crippen molar-refractivity contribution in [1.29, 1.82) is 0 Å². The molecule has 22 heavy (non-hydrogen) atoms. The normalized spacial score (nSPS) is 15.5. The molecule has 0 aromatic heterocycles. The highest BCUT2D eigenvalue weighted by Gasteiger charge is 2.23. The Hall–Kier alpha value is -1.08. The van der Waals surface area contributed by atoms with Crippen LogP contribution in [0.5, 0.6) is 0 Å². The van der Waals surface area contributed by atoms with Crippen molar-refractivity contribution in [3.63, 3.8) is 0 Å². The van der Waals surface area contributed by atoms with Gasteiger partial charge in [0.25, 0.3) is 0 Å². The van der Waals surface area contributed by atoms with Gasteiger partial charge in [0.1, 0.15) is 8.07 Å². The first-order valence-corrected chi connectivity index (χ1v) is 11.8. The lowest BCUT2D eigenvalue weighted by Gasteiger charge is -2.27. The Morgan fingerprint density at radius 2 is 1.82 bits per heavy atom. The van der Waals surface area contributed by atoms with Crippen molar-refractivity contribution in [2.75, 3.05) is 0 Å². The Bertz CT molecular complexity index is 482. The van der Waals surface area contributed by atoms with E-state index in [1.54, 1.807) is 0 Å². The lowest BCUT2D eigenvalue weighted by atomic mass is 9.92. The fourth-order valence-electron chi connectivity index (χ4n) is 2.44. The van der Waals surface area contributed by atoms with Gasteiger partial charge >= 0.3 is 0 Å². The third-order valence-electron chi connectivity index (χ3n) is 3.57. The van der Waals surface area contributed by atoms with Gasteiger partial charge in [-0.15, -0.1) is 11.5 Å². The number of rotatable bonds is 7. The Morgan fingerprint density at radius 3 is 2.32 bits per heavy atom. The molecule has 0 bridgehead atoms. The summed E-state index contributed by atoms with van der Waals surface area (Å²) >= 11 is 0. The molecule has 3 atom stereocenters. The molecule has 2 N–H and O–H groups in total. The van der Waals surface area contributed by atoms with E-state index in [4.69, 9.17) is 0 Å². The second kappa shape index (κ2) is 9.15. The Morgan fingerprint density at radius 1 is 1.18 bits per heavy atom. The van der Waals surface area contributed by atoms with Crippen LogP contribution in [0.1, 0.15) is 32.3 Å². The lowest BCUT2D eigenvalue weighted by Crippen LogP contribution is -2.43. The molecule has 1 aromatic carbocycles. The van der Waals surface area contributed by atoms with Gasteiger partial charge in [0.2, 0.25) is 0 Å². The molecule has 0 spiro atoms. The van der Waals surface area contributed by atoms with Gasteiger partial charge in [-0.25, -0.2) is 0 Å². The van der Waals surface area contributed by atoms with Crippen LogP contribution < -0.4 is 5.32 Å². The average Bonchev–Trinajstić information content (AvgIpc) is 2.44. The number of benzene rings is 1. The summed E-state index contributed by atoms with van der Waals surface area (Å²) in [5, 5.41) is 13.7. The van der Waals surface area contributed by atoms with E-state index in [0.29, 0.717) is 0 Å². The van der Waals surface area contributed by atoms with Gasteiger partial charge in [-0.2, -0.15) is 0 Å². The van der Waals surface area contributed by atoms with E-state index < -0.39 is 14.2 Å². The Kier molecular flexibility index (Phi) is 7.88. The summed E-state index contributed by atoms with van der Waals surface area (Å²) in [6, 6.07) is 10.3. The van der Waals surface area contributed by atoms with Gasteiger partial charge in [0, 0.05) is 18.5 Å². The van der Waals surface area contributed by atoms with E-state index in [9.17, 15) is 5.11 Å². The summed E-state index contributed by atoms with van der Waals surface area (Å²) in [5.74, 6) is 3.68. The molecule has 0 fully saturated rings. The highest BCUT2D eigenvalue weighted by Crippen LogP contribution is 2.16. The average molecular weight is 318 g/mol. The minimum absolute atomic E-state index is 0.0176. The molecule has 0 aliphatic carbocycles. The van der Waals surface area contributed by atoms with Gasteiger partial charge in [-0.1, -0.05) is 63.3 Å². The van der Waals surface area contributed by atoms with Crippen molar-refractivity contribution in [3.8, 4) is 11.5 Å². The summed E-state index contributed by atoms with van der Waals surface area (Å²) in [6.45, 7) is 11.6. The molecule has 3 heteroatoms. The summed E-state index contributed by atoms with van der Waals surface area (Å²) in [6.07, 6.45) is 1.70. The largest absolute Gasteiger partial charge is 0.392 e. The topological polar surface area (TPSA) is 32.3 Å². The molecule has 1 rings (SSSR count). The highest BCUT2D eigenvalue weighted by molar-refractivity contribution is 6.83. The van der Waals surface area contributed by atoms with Crippen LogP contribution in [-0.4, -0.2) is 25.3 Å². The zero-order chi connectivity index (χ0) is 16.6. The smallest absolute Gasteiger partial charge is 0.129 e. The summed E-state index contributed by atoms with van der Waals surface area (Å²) in [4.78, 5) is 0. The zero-order valence-corrected chi connectivity index (χ0v) is 15.7. The van der Waals surface area contributed by atoms with Crippen LogP contribution in [0.2, 0.25) is 19.6 Å². The summed E-state index contributed by atoms with van der Waals surface area (Å²) in [5.41, 5.74) is 4.72. The maximum absolute atomic E-state index is 10.2. The van der Waals surface area contributed by atoms with Crippen molar-refractivity contribution >= 4 is 8.07 Å². The van der Waals surface area contributed by atoms with E-state index in [1.165, 1.54) is 5.56 Å². The van der Waals surface area contributed by atoms with Crippen molar-refractivity contribution in [3.05, 3.63) is 35.9 Å². The number of aliphatic hydroxyl groups is 1. The van der Waals surface area contributed by atoms with Crippen LogP contribution in [0.15, 0.2) is 30.3 Å². The fraction of sp³-hybridized carbons (Fsp3) is 0.579. The molecule has 0 amide bonds. The number of aliphatic hydroxyl groups excluding tert-OH is 1. The number of nitrogens with one attached hydrogen (secondary N) is 1. The molecular formula is C19H31NOSi. The molecule has 0 saturated carbocycles. The molecule has 1 aromatic rings. The van der Waals surface area contributed by atoms with Crippen molar-refractivity contribution < 1.29 is 5.11 Å². The summed E-state index contributed by atoms with van der Waals surface area (Å²) < 4.78 is 0. The lowest BCUT2D eigenvalue weighted by molar-refractivity contribution is 0.122. The van der Waals surface area contributed by atoms with E-state index in [2.05, 4.69) is 55.5 Å². The zero-order valence-electron chi connectivity index (χ0n) is 14.7. The third kappa shape index (κ3) is 7.26. The first-order chi connectivity index (χ1) is 10.3. The Labute approximate surface area is 137 Å². The van der Waals surface area contributed by atoms with E-state index in [0.717, 1.165) is 19.4 Å². The van der Waals surface area contributed by atoms with Crippen LogP contribution in [0.3, 0.4) is 0 Å². The van der Waals surface area contributed by atoms with Crippen LogP contribution >= 0.6 is 0 Å². The molecule has 0 aliphatic heterocycles. The molecular weight excluding hydrogens is 286 g/mol. The molecule has 0 saturated heterocycles. The van der Waals surface area contributed by atoms with Crippen molar-refractivity contribution in [2.24, 2.45) is 5.92 Å². The molecule has 0 aliphatic rings. The van der Waals surface area contributed by atoms with Crippen LogP contribution in [-0.2, 0) is 6.54 Å². The predicted molar refractivity (Wildman–Crippen MR) is 98.3 cm³/mol. The SMILES string of the molecule is CCCC(C#C[Si](C)(C)C)C(NCc1ccccc1)C(C)O. The molecule has 0 heterocycles. The maximum atomic E-state index is 10.2.